The first kappa shape index (κ1) is 20.3. The molecule has 3 aromatic rings. The summed E-state index contributed by atoms with van der Waals surface area (Å²) < 4.78 is 40.6. The SMILES string of the molecule is Cc1ccc(S(=O)(=O)N2CCN(c3nc(-c4ccc(F)c(Cl)c4)cs3)CC2)cc1. The van der Waals surface area contributed by atoms with Crippen molar-refractivity contribution < 1.29 is 12.8 Å². The van der Waals surface area contributed by atoms with Gasteiger partial charge in [-0.1, -0.05) is 29.3 Å². The summed E-state index contributed by atoms with van der Waals surface area (Å²) in [6.45, 7) is 3.84. The third-order valence-corrected chi connectivity index (χ3v) is 7.98. The lowest BCUT2D eigenvalue weighted by molar-refractivity contribution is 0.385. The van der Waals surface area contributed by atoms with Crippen molar-refractivity contribution in [2.45, 2.75) is 11.8 Å². The van der Waals surface area contributed by atoms with Gasteiger partial charge in [0.05, 0.1) is 15.6 Å². The summed E-state index contributed by atoms with van der Waals surface area (Å²) >= 11 is 7.34. The van der Waals surface area contributed by atoms with Crippen LogP contribution in [0.1, 0.15) is 5.56 Å². The summed E-state index contributed by atoms with van der Waals surface area (Å²) in [7, 11) is -3.49. The number of benzene rings is 2. The van der Waals surface area contributed by atoms with Crippen LogP contribution < -0.4 is 4.90 Å². The molecule has 9 heteroatoms. The molecule has 1 aliphatic rings. The van der Waals surface area contributed by atoms with Gasteiger partial charge in [-0.25, -0.2) is 17.8 Å². The standard InChI is InChI=1S/C20H19ClFN3O2S2/c1-14-2-5-16(6-3-14)29(26,27)25-10-8-24(9-11-25)20-23-19(13-28-20)15-4-7-18(22)17(21)12-15/h2-7,12-13H,8-11H2,1H3. The van der Waals surface area contributed by atoms with Crippen LogP contribution in [0.2, 0.25) is 5.02 Å². The molecule has 0 unspecified atom stereocenters. The van der Waals surface area contributed by atoms with Gasteiger partial charge in [0, 0.05) is 37.1 Å². The summed E-state index contributed by atoms with van der Waals surface area (Å²) in [4.78, 5) is 7.02. The van der Waals surface area contributed by atoms with Crippen molar-refractivity contribution >= 4 is 38.1 Å². The van der Waals surface area contributed by atoms with Crippen molar-refractivity contribution in [3.63, 3.8) is 0 Å². The number of rotatable bonds is 4. The fourth-order valence-electron chi connectivity index (χ4n) is 3.18. The number of aryl methyl sites for hydroxylation is 1. The maximum absolute atomic E-state index is 13.4. The monoisotopic (exact) mass is 451 g/mol. The van der Waals surface area contributed by atoms with E-state index < -0.39 is 15.8 Å². The lowest BCUT2D eigenvalue weighted by Gasteiger charge is -2.33. The van der Waals surface area contributed by atoms with Crippen molar-refractivity contribution in [2.75, 3.05) is 31.1 Å². The number of halogens is 2. The molecule has 29 heavy (non-hydrogen) atoms. The number of hydrogen-bond donors (Lipinski definition) is 0. The van der Waals surface area contributed by atoms with Gasteiger partial charge in [0.25, 0.3) is 0 Å². The maximum Gasteiger partial charge on any atom is 0.243 e. The van der Waals surface area contributed by atoms with Crippen LogP contribution in [0.4, 0.5) is 9.52 Å². The fraction of sp³-hybridized carbons (Fsp3) is 0.250. The quantitative estimate of drug-likeness (QED) is 0.589. The Balaban J connectivity index is 1.45. The molecule has 0 bridgehead atoms. The van der Waals surface area contributed by atoms with Gasteiger partial charge < -0.3 is 4.90 Å². The van der Waals surface area contributed by atoms with Crippen LogP contribution in [0.15, 0.2) is 52.7 Å². The molecule has 0 N–H and O–H groups in total. The van der Waals surface area contributed by atoms with Crippen molar-refractivity contribution in [2.24, 2.45) is 0 Å². The van der Waals surface area contributed by atoms with Gasteiger partial charge in [-0.15, -0.1) is 11.3 Å². The molecule has 1 saturated heterocycles. The third-order valence-electron chi connectivity index (χ3n) is 4.88. The normalized spacial score (nSPS) is 15.6. The first-order valence-electron chi connectivity index (χ1n) is 9.07. The van der Waals surface area contributed by atoms with Crippen LogP contribution in [0.3, 0.4) is 0 Å². The highest BCUT2D eigenvalue weighted by atomic mass is 35.5. The van der Waals surface area contributed by atoms with E-state index in [1.165, 1.54) is 21.7 Å². The van der Waals surface area contributed by atoms with Gasteiger partial charge in [0.15, 0.2) is 5.13 Å². The highest BCUT2D eigenvalue weighted by molar-refractivity contribution is 7.89. The minimum atomic E-state index is -3.49. The zero-order valence-corrected chi connectivity index (χ0v) is 18.1. The van der Waals surface area contributed by atoms with Gasteiger partial charge in [-0.2, -0.15) is 4.31 Å². The van der Waals surface area contributed by atoms with Crippen molar-refractivity contribution in [3.8, 4) is 11.3 Å². The predicted molar refractivity (Wildman–Crippen MR) is 115 cm³/mol. The Morgan fingerprint density at radius 3 is 2.41 bits per heavy atom. The molecule has 1 aromatic heterocycles. The summed E-state index contributed by atoms with van der Waals surface area (Å²) in [6.07, 6.45) is 0. The second kappa shape index (κ2) is 8.02. The number of sulfonamides is 1. The first-order chi connectivity index (χ1) is 13.8. The zero-order valence-electron chi connectivity index (χ0n) is 15.7. The van der Waals surface area contributed by atoms with Gasteiger partial charge in [0.2, 0.25) is 10.0 Å². The van der Waals surface area contributed by atoms with Crippen LogP contribution >= 0.6 is 22.9 Å². The molecule has 0 atom stereocenters. The Kier molecular flexibility index (Phi) is 5.61. The Hall–Kier alpha value is -2.00. The molecule has 0 aliphatic carbocycles. The molecule has 1 aliphatic heterocycles. The van der Waals surface area contributed by atoms with E-state index in [4.69, 9.17) is 11.6 Å². The van der Waals surface area contributed by atoms with Gasteiger partial charge in [-0.3, -0.25) is 0 Å². The van der Waals surface area contributed by atoms with Crippen LogP contribution in [0.5, 0.6) is 0 Å². The average molecular weight is 452 g/mol. The lowest BCUT2D eigenvalue weighted by Crippen LogP contribution is -2.48. The van der Waals surface area contributed by atoms with E-state index in [1.54, 1.807) is 24.3 Å². The summed E-state index contributed by atoms with van der Waals surface area (Å²) in [5.41, 5.74) is 2.50. The second-order valence-electron chi connectivity index (χ2n) is 6.85. The highest BCUT2D eigenvalue weighted by Crippen LogP contribution is 2.30. The number of anilines is 1. The Morgan fingerprint density at radius 1 is 1.07 bits per heavy atom. The first-order valence-corrected chi connectivity index (χ1v) is 11.8. The number of thiazole rings is 1. The van der Waals surface area contributed by atoms with E-state index in [0.717, 1.165) is 22.0 Å². The molecular weight excluding hydrogens is 433 g/mol. The third kappa shape index (κ3) is 4.16. The van der Waals surface area contributed by atoms with Gasteiger partial charge >= 0.3 is 0 Å². The minimum Gasteiger partial charge on any atom is -0.345 e. The van der Waals surface area contributed by atoms with Crippen molar-refractivity contribution in [1.82, 2.24) is 9.29 Å². The summed E-state index contributed by atoms with van der Waals surface area (Å²) in [5, 5.41) is 2.77. The average Bonchev–Trinajstić information content (AvgIpc) is 3.21. The van der Waals surface area contributed by atoms with Crippen LogP contribution in [0, 0.1) is 12.7 Å². The number of piperazine rings is 1. The molecular formula is C20H19ClFN3O2S2. The topological polar surface area (TPSA) is 53.5 Å². The van der Waals surface area contributed by atoms with Crippen LogP contribution in [-0.4, -0.2) is 43.9 Å². The van der Waals surface area contributed by atoms with E-state index in [-0.39, 0.29) is 5.02 Å². The maximum atomic E-state index is 13.4. The van der Waals surface area contributed by atoms with E-state index in [2.05, 4.69) is 9.88 Å². The Morgan fingerprint density at radius 2 is 1.76 bits per heavy atom. The largest absolute Gasteiger partial charge is 0.345 e. The number of aromatic nitrogens is 1. The molecule has 0 radical (unpaired) electrons. The minimum absolute atomic E-state index is 0.0620. The summed E-state index contributed by atoms with van der Waals surface area (Å²) in [5.74, 6) is -0.461. The van der Waals surface area contributed by atoms with Crippen LogP contribution in [-0.2, 0) is 10.0 Å². The molecule has 2 aromatic carbocycles. The van der Waals surface area contributed by atoms with E-state index in [9.17, 15) is 12.8 Å². The number of nitrogens with zero attached hydrogens (tertiary/aromatic N) is 3. The van der Waals surface area contributed by atoms with E-state index >= 15 is 0 Å². The smallest absolute Gasteiger partial charge is 0.243 e. The molecule has 0 spiro atoms. The Labute approximate surface area is 178 Å². The lowest BCUT2D eigenvalue weighted by atomic mass is 10.2. The van der Waals surface area contributed by atoms with Gasteiger partial charge in [0.1, 0.15) is 5.82 Å². The summed E-state index contributed by atoms with van der Waals surface area (Å²) in [6, 6.07) is 11.4. The van der Waals surface area contributed by atoms with Crippen LogP contribution in [0.25, 0.3) is 11.3 Å². The molecule has 1 fully saturated rings. The molecule has 152 valence electrons. The second-order valence-corrected chi connectivity index (χ2v) is 10.0. The van der Waals surface area contributed by atoms with Gasteiger partial charge in [-0.05, 0) is 37.3 Å². The highest BCUT2D eigenvalue weighted by Gasteiger charge is 2.29. The Bertz CT molecular complexity index is 1120. The molecule has 0 saturated carbocycles. The molecule has 2 heterocycles. The van der Waals surface area contributed by atoms with Crippen molar-refractivity contribution in [3.05, 3.63) is 64.2 Å². The van der Waals surface area contributed by atoms with Crippen molar-refractivity contribution in [1.29, 1.82) is 0 Å². The zero-order chi connectivity index (χ0) is 20.6. The molecule has 4 rings (SSSR count). The molecule has 0 amide bonds. The molecule has 5 nitrogen and oxygen atoms in total. The van der Waals surface area contributed by atoms with E-state index in [1.807, 2.05) is 24.4 Å². The predicted octanol–water partition coefficient (Wildman–Crippen LogP) is 4.42. The fourth-order valence-corrected chi connectivity index (χ4v) is 5.67. The van der Waals surface area contributed by atoms with E-state index in [0.29, 0.717) is 31.1 Å². The number of hydrogen-bond acceptors (Lipinski definition) is 5.